The molecule has 3 N–H and O–H groups in total. The van der Waals surface area contributed by atoms with E-state index in [4.69, 9.17) is 22.7 Å². The van der Waals surface area contributed by atoms with Crippen molar-refractivity contribution in [3.05, 3.63) is 70.9 Å². The third-order valence-electron chi connectivity index (χ3n) is 4.30. The number of hydrogen-bond acceptors (Lipinski definition) is 3. The number of benzene rings is 2. The van der Waals surface area contributed by atoms with Gasteiger partial charge in [-0.05, 0) is 41.8 Å². The summed E-state index contributed by atoms with van der Waals surface area (Å²) in [6.07, 6.45) is 3.39. The van der Waals surface area contributed by atoms with Gasteiger partial charge in [0, 0.05) is 35.2 Å². The van der Waals surface area contributed by atoms with Crippen LogP contribution in [0.2, 0.25) is 5.02 Å². The smallest absolute Gasteiger partial charge is 0.234 e. The Balaban J connectivity index is 1.81. The second kappa shape index (κ2) is 6.89. The lowest BCUT2D eigenvalue weighted by Crippen LogP contribution is -2.26. The number of rotatable bonds is 4. The minimum Gasteiger partial charge on any atom is -0.404 e. The molecule has 3 rings (SSSR count). The van der Waals surface area contributed by atoms with Gasteiger partial charge in [0.05, 0.1) is 5.92 Å². The van der Waals surface area contributed by atoms with E-state index in [9.17, 15) is 4.79 Å². The number of halogens is 1. The molecule has 0 bridgehead atoms. The molecule has 1 unspecified atom stereocenters. The molecule has 0 aliphatic carbocycles. The fourth-order valence-corrected chi connectivity index (χ4v) is 3.23. The molecule has 1 atom stereocenters. The molecule has 1 amide bonds. The number of carbonyl (C=O) groups is 1. The third-order valence-corrected chi connectivity index (χ3v) is 4.54. The highest BCUT2D eigenvalue weighted by Crippen LogP contribution is 2.33. The van der Waals surface area contributed by atoms with Crippen LogP contribution in [-0.2, 0) is 4.79 Å². The van der Waals surface area contributed by atoms with Gasteiger partial charge in [-0.1, -0.05) is 35.9 Å². The normalized spacial score (nSPS) is 18.0. The third kappa shape index (κ3) is 3.05. The summed E-state index contributed by atoms with van der Waals surface area (Å²) >= 11 is 6.04. The molecule has 122 valence electrons. The Morgan fingerprint density at radius 3 is 2.62 bits per heavy atom. The summed E-state index contributed by atoms with van der Waals surface area (Å²) < 4.78 is 0. The summed E-state index contributed by atoms with van der Waals surface area (Å²) in [6.45, 7) is 0.680. The average Bonchev–Trinajstić information content (AvgIpc) is 2.98. The zero-order chi connectivity index (χ0) is 17.1. The van der Waals surface area contributed by atoms with Gasteiger partial charge in [0.2, 0.25) is 5.91 Å². The molecule has 1 aliphatic rings. The Kier molecular flexibility index (Phi) is 4.67. The second-order valence-electron chi connectivity index (χ2n) is 5.70. The van der Waals surface area contributed by atoms with E-state index in [-0.39, 0.29) is 11.8 Å². The first-order valence-electron chi connectivity index (χ1n) is 7.73. The minimum atomic E-state index is -0.149. The monoisotopic (exact) mass is 339 g/mol. The number of nitrogens with zero attached hydrogens (tertiary/aromatic N) is 1. The van der Waals surface area contributed by atoms with Gasteiger partial charge in [0.1, 0.15) is 0 Å². The lowest BCUT2D eigenvalue weighted by atomic mass is 9.98. The first-order chi connectivity index (χ1) is 11.6. The largest absolute Gasteiger partial charge is 0.404 e. The standard InChI is InChI=1S/C19H18ClN3O/c20-16-3-1-2-14(10-16)18-8-9-23(19(18)24)17-6-4-13(5-7-17)15(11-21)12-22/h1-7,10-12,18,21H,8-9,22H2. The maximum absolute atomic E-state index is 12.8. The molecule has 0 aromatic heterocycles. The Morgan fingerprint density at radius 2 is 2.00 bits per heavy atom. The van der Waals surface area contributed by atoms with E-state index in [0.29, 0.717) is 17.1 Å². The van der Waals surface area contributed by atoms with Crippen molar-refractivity contribution in [2.24, 2.45) is 5.73 Å². The van der Waals surface area contributed by atoms with E-state index in [1.807, 2.05) is 48.5 Å². The van der Waals surface area contributed by atoms with Crippen LogP contribution in [0.5, 0.6) is 0 Å². The van der Waals surface area contributed by atoms with Crippen LogP contribution >= 0.6 is 11.6 Å². The highest BCUT2D eigenvalue weighted by molar-refractivity contribution is 6.30. The Labute approximate surface area is 146 Å². The maximum atomic E-state index is 12.8. The van der Waals surface area contributed by atoms with Gasteiger partial charge in [-0.25, -0.2) is 0 Å². The van der Waals surface area contributed by atoms with Crippen LogP contribution in [0.25, 0.3) is 5.57 Å². The summed E-state index contributed by atoms with van der Waals surface area (Å²) in [5.41, 5.74) is 8.82. The molecule has 0 radical (unpaired) electrons. The molecule has 1 fully saturated rings. The summed E-state index contributed by atoms with van der Waals surface area (Å²) in [6, 6.07) is 15.0. The first kappa shape index (κ1) is 16.3. The van der Waals surface area contributed by atoms with Crippen molar-refractivity contribution in [3.8, 4) is 0 Å². The van der Waals surface area contributed by atoms with Crippen molar-refractivity contribution in [2.45, 2.75) is 12.3 Å². The molecular formula is C19H18ClN3O. The fraction of sp³-hybridized carbons (Fsp3) is 0.158. The molecule has 2 aromatic carbocycles. The first-order valence-corrected chi connectivity index (χ1v) is 8.11. The lowest BCUT2D eigenvalue weighted by Gasteiger charge is -2.17. The van der Waals surface area contributed by atoms with Gasteiger partial charge < -0.3 is 16.0 Å². The summed E-state index contributed by atoms with van der Waals surface area (Å²) in [7, 11) is 0. The molecule has 1 aliphatic heterocycles. The molecule has 4 nitrogen and oxygen atoms in total. The molecular weight excluding hydrogens is 322 g/mol. The van der Waals surface area contributed by atoms with Gasteiger partial charge in [-0.2, -0.15) is 0 Å². The summed E-state index contributed by atoms with van der Waals surface area (Å²) in [4.78, 5) is 14.6. The predicted octanol–water partition coefficient (Wildman–Crippen LogP) is 3.81. The molecule has 0 saturated carbocycles. The van der Waals surface area contributed by atoms with Crippen LogP contribution in [0.4, 0.5) is 5.69 Å². The van der Waals surface area contributed by atoms with Crippen molar-refractivity contribution in [2.75, 3.05) is 11.4 Å². The van der Waals surface area contributed by atoms with Crippen LogP contribution in [-0.4, -0.2) is 18.7 Å². The number of nitrogens with two attached hydrogens (primary N) is 1. The van der Waals surface area contributed by atoms with Gasteiger partial charge in [-0.15, -0.1) is 0 Å². The Hall–Kier alpha value is -2.59. The van der Waals surface area contributed by atoms with Crippen LogP contribution in [0.3, 0.4) is 0 Å². The maximum Gasteiger partial charge on any atom is 0.234 e. The fourth-order valence-electron chi connectivity index (χ4n) is 3.03. The Morgan fingerprint density at radius 1 is 1.25 bits per heavy atom. The van der Waals surface area contributed by atoms with Gasteiger partial charge in [0.15, 0.2) is 0 Å². The number of amides is 1. The second-order valence-corrected chi connectivity index (χ2v) is 6.14. The van der Waals surface area contributed by atoms with Crippen molar-refractivity contribution in [1.82, 2.24) is 0 Å². The number of nitrogens with one attached hydrogen (secondary N) is 1. The van der Waals surface area contributed by atoms with Crippen LogP contribution in [0.15, 0.2) is 54.7 Å². The quantitative estimate of drug-likeness (QED) is 0.831. The van der Waals surface area contributed by atoms with Gasteiger partial charge in [0.25, 0.3) is 0 Å². The van der Waals surface area contributed by atoms with Crippen molar-refractivity contribution in [1.29, 1.82) is 5.41 Å². The van der Waals surface area contributed by atoms with E-state index in [0.717, 1.165) is 23.2 Å². The van der Waals surface area contributed by atoms with E-state index in [1.165, 1.54) is 12.4 Å². The highest BCUT2D eigenvalue weighted by atomic mass is 35.5. The zero-order valence-electron chi connectivity index (χ0n) is 13.1. The number of anilines is 1. The zero-order valence-corrected chi connectivity index (χ0v) is 13.8. The van der Waals surface area contributed by atoms with E-state index < -0.39 is 0 Å². The van der Waals surface area contributed by atoms with E-state index in [2.05, 4.69) is 0 Å². The van der Waals surface area contributed by atoms with Crippen LogP contribution < -0.4 is 10.6 Å². The van der Waals surface area contributed by atoms with Crippen molar-refractivity contribution < 1.29 is 4.79 Å². The van der Waals surface area contributed by atoms with Crippen LogP contribution in [0, 0.1) is 5.41 Å². The van der Waals surface area contributed by atoms with Gasteiger partial charge in [-0.3, -0.25) is 4.79 Å². The lowest BCUT2D eigenvalue weighted by molar-refractivity contribution is -0.118. The number of allylic oxidation sites excluding steroid dienone is 1. The summed E-state index contributed by atoms with van der Waals surface area (Å²) in [5.74, 6) is -0.0592. The van der Waals surface area contributed by atoms with Crippen molar-refractivity contribution in [3.63, 3.8) is 0 Å². The number of carbonyl (C=O) groups excluding carboxylic acids is 1. The van der Waals surface area contributed by atoms with E-state index in [1.54, 1.807) is 4.90 Å². The molecule has 0 spiro atoms. The minimum absolute atomic E-state index is 0.0895. The van der Waals surface area contributed by atoms with Gasteiger partial charge >= 0.3 is 0 Å². The Bertz CT molecular complexity index is 799. The average molecular weight is 340 g/mol. The highest BCUT2D eigenvalue weighted by Gasteiger charge is 2.33. The molecule has 24 heavy (non-hydrogen) atoms. The summed E-state index contributed by atoms with van der Waals surface area (Å²) in [5, 5.41) is 7.99. The predicted molar refractivity (Wildman–Crippen MR) is 98.6 cm³/mol. The van der Waals surface area contributed by atoms with Crippen molar-refractivity contribution >= 4 is 35.0 Å². The van der Waals surface area contributed by atoms with E-state index >= 15 is 0 Å². The van der Waals surface area contributed by atoms with Crippen LogP contribution in [0.1, 0.15) is 23.5 Å². The molecule has 1 saturated heterocycles. The molecule has 2 aromatic rings. The molecule has 1 heterocycles. The number of hydrogen-bond donors (Lipinski definition) is 2. The topological polar surface area (TPSA) is 70.2 Å². The SMILES string of the molecule is N=CC(=CN)c1ccc(N2CCC(c3cccc(Cl)c3)C2=O)cc1. The molecule has 5 heteroatoms.